The first kappa shape index (κ1) is 25.1. The highest BCUT2D eigenvalue weighted by Crippen LogP contribution is 2.38. The van der Waals surface area contributed by atoms with Crippen LogP contribution < -0.4 is 10.1 Å². The molecule has 1 aliphatic carbocycles. The summed E-state index contributed by atoms with van der Waals surface area (Å²) in [5, 5.41) is 3.70. The van der Waals surface area contributed by atoms with Crippen molar-refractivity contribution < 1.29 is 23.4 Å². The van der Waals surface area contributed by atoms with Crippen molar-refractivity contribution in [1.82, 2.24) is 14.9 Å². The van der Waals surface area contributed by atoms with Gasteiger partial charge in [-0.25, -0.2) is 19.2 Å². The Kier molecular flexibility index (Phi) is 7.52. The zero-order valence-electron chi connectivity index (χ0n) is 20.9. The molecule has 0 radical (unpaired) electrons. The zero-order valence-corrected chi connectivity index (χ0v) is 21.7. The summed E-state index contributed by atoms with van der Waals surface area (Å²) in [6.45, 7) is 6.45. The van der Waals surface area contributed by atoms with Crippen LogP contribution in [0.5, 0.6) is 5.88 Å². The van der Waals surface area contributed by atoms with Crippen molar-refractivity contribution in [1.29, 1.82) is 0 Å². The molecular formula is C26H33FN4O4S. The Morgan fingerprint density at radius 3 is 2.61 bits per heavy atom. The van der Waals surface area contributed by atoms with Crippen LogP contribution in [0.4, 0.5) is 20.7 Å². The molecule has 194 valence electrons. The number of nitrogens with one attached hydrogen (secondary N) is 1. The normalized spacial score (nSPS) is 23.8. The number of nitrogens with zero attached hydrogens (tertiary/aromatic N) is 3. The number of aromatic nitrogens is 2. The van der Waals surface area contributed by atoms with Crippen molar-refractivity contribution in [3.8, 4) is 5.88 Å². The Balaban J connectivity index is 1.25. The number of thioether (sulfide) groups is 1. The molecule has 2 unspecified atom stereocenters. The Bertz CT molecular complexity index is 1090. The van der Waals surface area contributed by atoms with Gasteiger partial charge in [-0.1, -0.05) is 6.42 Å². The Morgan fingerprint density at radius 1 is 1.22 bits per heavy atom. The number of rotatable bonds is 7. The molecular weight excluding hydrogens is 483 g/mol. The molecule has 1 aromatic heterocycles. The lowest BCUT2D eigenvalue weighted by Gasteiger charge is -2.47. The van der Waals surface area contributed by atoms with Gasteiger partial charge >= 0.3 is 6.09 Å². The van der Waals surface area contributed by atoms with Crippen LogP contribution in [0.1, 0.15) is 51.5 Å². The number of piperidine rings is 1. The van der Waals surface area contributed by atoms with Crippen molar-refractivity contribution in [2.45, 2.75) is 87.3 Å². The maximum Gasteiger partial charge on any atom is 0.410 e. The van der Waals surface area contributed by atoms with E-state index in [1.54, 1.807) is 28.8 Å². The minimum absolute atomic E-state index is 0.112. The maximum atomic E-state index is 14.8. The maximum absolute atomic E-state index is 14.8. The highest BCUT2D eigenvalue weighted by molar-refractivity contribution is 8.00. The summed E-state index contributed by atoms with van der Waals surface area (Å²) in [6.07, 6.45) is 5.70. The summed E-state index contributed by atoms with van der Waals surface area (Å²) < 4.78 is 32.3. The van der Waals surface area contributed by atoms with Crippen molar-refractivity contribution in [2.24, 2.45) is 0 Å². The monoisotopic (exact) mass is 516 g/mol. The van der Waals surface area contributed by atoms with Gasteiger partial charge in [0.1, 0.15) is 24.1 Å². The van der Waals surface area contributed by atoms with E-state index in [-0.39, 0.29) is 36.2 Å². The van der Waals surface area contributed by atoms with Crippen LogP contribution in [0, 0.1) is 12.7 Å². The molecule has 8 nitrogen and oxygen atoms in total. The summed E-state index contributed by atoms with van der Waals surface area (Å²) in [6, 6.07) is 5.06. The summed E-state index contributed by atoms with van der Waals surface area (Å²) in [5.41, 5.74) is 1.07. The van der Waals surface area contributed by atoms with Crippen LogP contribution in [-0.4, -0.2) is 63.7 Å². The quantitative estimate of drug-likeness (QED) is 0.519. The van der Waals surface area contributed by atoms with E-state index in [4.69, 9.17) is 14.2 Å². The van der Waals surface area contributed by atoms with Crippen molar-refractivity contribution >= 4 is 29.4 Å². The fourth-order valence-corrected chi connectivity index (χ4v) is 6.11. The van der Waals surface area contributed by atoms with Crippen LogP contribution >= 0.6 is 11.8 Å². The number of anilines is 2. The molecule has 2 aliphatic heterocycles. The Morgan fingerprint density at radius 2 is 1.97 bits per heavy atom. The Labute approximate surface area is 215 Å². The van der Waals surface area contributed by atoms with Crippen LogP contribution in [0.25, 0.3) is 0 Å². The lowest BCUT2D eigenvalue weighted by Crippen LogP contribution is -2.61. The number of hydrogen-bond donors (Lipinski definition) is 1. The molecule has 1 N–H and O–H groups in total. The number of fused-ring (bicyclic) bond motifs is 2. The molecule has 2 aromatic rings. The summed E-state index contributed by atoms with van der Waals surface area (Å²) >= 11 is 1.74. The summed E-state index contributed by atoms with van der Waals surface area (Å²) in [4.78, 5) is 24.0. The molecule has 1 saturated carbocycles. The second-order valence-corrected chi connectivity index (χ2v) is 11.4. The predicted molar refractivity (Wildman–Crippen MR) is 135 cm³/mol. The smallest absolute Gasteiger partial charge is 0.410 e. The number of amides is 1. The molecule has 0 spiro atoms. The van der Waals surface area contributed by atoms with Gasteiger partial charge in [0.15, 0.2) is 0 Å². The van der Waals surface area contributed by atoms with E-state index in [0.717, 1.165) is 4.90 Å². The van der Waals surface area contributed by atoms with E-state index < -0.39 is 0 Å². The van der Waals surface area contributed by atoms with Gasteiger partial charge < -0.3 is 19.5 Å². The fraction of sp³-hybridized carbons (Fsp3) is 0.577. The van der Waals surface area contributed by atoms with Gasteiger partial charge in [-0.05, 0) is 51.8 Å². The lowest BCUT2D eigenvalue weighted by molar-refractivity contribution is -0.0934. The zero-order chi connectivity index (χ0) is 25.2. The number of ether oxygens (including phenoxy) is 3. The standard InChI is InChI=1S/C26H33FN4O4S/c1-15(2)34-26(32)31-17-9-19(10-18(31)13-33-12-17)35-25-16(3)24(28-14-29-25)30-23-8-7-21(11-22(23)27)36-20-5-4-6-20/h7-8,11,14-15,17-20H,4-6,9-10,12-13H2,1-3H3,(H,28,29,30). The van der Waals surface area contributed by atoms with Gasteiger partial charge in [0.25, 0.3) is 0 Å². The average molecular weight is 517 g/mol. The molecule has 1 amide bonds. The third-order valence-electron chi connectivity index (χ3n) is 6.89. The highest BCUT2D eigenvalue weighted by Gasteiger charge is 2.43. The molecule has 10 heteroatoms. The van der Waals surface area contributed by atoms with Gasteiger partial charge in [0.05, 0.1) is 42.7 Å². The number of hydrogen-bond acceptors (Lipinski definition) is 8. The van der Waals surface area contributed by atoms with Crippen LogP contribution in [0.3, 0.4) is 0 Å². The van der Waals surface area contributed by atoms with Crippen LogP contribution in [-0.2, 0) is 9.47 Å². The van der Waals surface area contributed by atoms with Gasteiger partial charge in [-0.15, -0.1) is 11.8 Å². The van der Waals surface area contributed by atoms with Crippen molar-refractivity contribution in [3.63, 3.8) is 0 Å². The van der Waals surface area contributed by atoms with Crippen LogP contribution in [0.2, 0.25) is 0 Å². The summed E-state index contributed by atoms with van der Waals surface area (Å²) in [5.74, 6) is 0.639. The lowest BCUT2D eigenvalue weighted by atomic mass is 9.92. The third kappa shape index (κ3) is 5.54. The fourth-order valence-electron chi connectivity index (χ4n) is 4.84. The van der Waals surface area contributed by atoms with Crippen LogP contribution in [0.15, 0.2) is 29.4 Å². The molecule has 5 rings (SSSR count). The highest BCUT2D eigenvalue weighted by atomic mass is 32.2. The Hall–Kier alpha value is -2.59. The van der Waals surface area contributed by atoms with E-state index in [0.29, 0.717) is 54.3 Å². The SMILES string of the molecule is Cc1c(Nc2ccc(SC3CCC3)cc2F)ncnc1OC1CC2COCC(C1)N2C(=O)OC(C)C. The molecule has 2 atom stereocenters. The summed E-state index contributed by atoms with van der Waals surface area (Å²) in [7, 11) is 0. The van der Waals surface area contributed by atoms with Gasteiger partial charge in [0, 0.05) is 23.0 Å². The second kappa shape index (κ2) is 10.8. The minimum Gasteiger partial charge on any atom is -0.474 e. The van der Waals surface area contributed by atoms with Gasteiger partial charge in [0.2, 0.25) is 5.88 Å². The average Bonchev–Trinajstić information content (AvgIpc) is 2.79. The molecule has 2 saturated heterocycles. The largest absolute Gasteiger partial charge is 0.474 e. The molecule has 2 bridgehead atoms. The number of morpholine rings is 1. The topological polar surface area (TPSA) is 85.8 Å². The third-order valence-corrected chi connectivity index (χ3v) is 8.22. The van der Waals surface area contributed by atoms with Crippen molar-refractivity contribution in [2.75, 3.05) is 18.5 Å². The van der Waals surface area contributed by atoms with Gasteiger partial charge in [-0.2, -0.15) is 0 Å². The van der Waals surface area contributed by atoms with E-state index in [2.05, 4.69) is 15.3 Å². The number of carbonyl (C=O) groups excluding carboxylic acids is 1. The van der Waals surface area contributed by atoms with Crippen molar-refractivity contribution in [3.05, 3.63) is 35.9 Å². The molecule has 3 aliphatic rings. The van der Waals surface area contributed by atoms with Gasteiger partial charge in [-0.3, -0.25) is 4.90 Å². The molecule has 3 fully saturated rings. The van der Waals surface area contributed by atoms with E-state index in [1.165, 1.54) is 25.6 Å². The second-order valence-electron chi connectivity index (χ2n) is 9.99. The first-order chi connectivity index (χ1) is 17.4. The van der Waals surface area contributed by atoms with E-state index >= 15 is 0 Å². The number of carbonyl (C=O) groups is 1. The number of benzene rings is 1. The van der Waals surface area contributed by atoms with E-state index in [9.17, 15) is 9.18 Å². The molecule has 36 heavy (non-hydrogen) atoms. The molecule has 3 heterocycles. The van der Waals surface area contributed by atoms with E-state index in [1.807, 2.05) is 26.8 Å². The predicted octanol–water partition coefficient (Wildman–Crippen LogP) is 5.47. The minimum atomic E-state index is -0.312. The number of halogens is 1. The molecule has 1 aromatic carbocycles. The first-order valence-corrected chi connectivity index (χ1v) is 13.5. The first-order valence-electron chi connectivity index (χ1n) is 12.7.